The van der Waals surface area contributed by atoms with Crippen LogP contribution in [0.1, 0.15) is 26.7 Å². The largest absolute Gasteiger partial charge is 0.424 e. The van der Waals surface area contributed by atoms with Gasteiger partial charge in [-0.3, -0.25) is 16.4 Å². The lowest BCUT2D eigenvalue weighted by atomic mass is 10.6. The van der Waals surface area contributed by atoms with Gasteiger partial charge in [-0.2, -0.15) is 0 Å². The Kier molecular flexibility index (Phi) is 5.96. The van der Waals surface area contributed by atoms with Crippen molar-refractivity contribution in [3.63, 3.8) is 0 Å². The van der Waals surface area contributed by atoms with Crippen molar-refractivity contribution < 1.29 is 16.4 Å². The Morgan fingerprint density at radius 2 is 0.929 bits per heavy atom. The molecular weight excluding hydrogens is 228 g/mol. The molecule has 0 amide bonds. The monoisotopic (exact) mass is 246 g/mol. The lowest BCUT2D eigenvalue weighted by Gasteiger charge is -2.15. The molecule has 6 heteroatoms. The zero-order valence-corrected chi connectivity index (χ0v) is 10.8. The van der Waals surface area contributed by atoms with Crippen molar-refractivity contribution in [2.45, 2.75) is 50.9 Å². The molecule has 0 spiro atoms. The molecule has 14 heavy (non-hydrogen) atoms. The fourth-order valence-electron chi connectivity index (χ4n) is 1.35. The molecule has 0 unspecified atom stereocenters. The Balaban J connectivity index is 3.90. The Bertz CT molecular complexity index is 143. The Morgan fingerprint density at radius 1 is 0.643 bits per heavy atom. The first-order chi connectivity index (χ1) is 6.33. The molecule has 0 aromatic heterocycles. The van der Waals surface area contributed by atoms with E-state index in [-0.39, 0.29) is 12.1 Å². The molecule has 0 bridgehead atoms. The van der Waals surface area contributed by atoms with E-state index in [2.05, 4.69) is 0 Å². The molecule has 0 N–H and O–H groups in total. The summed E-state index contributed by atoms with van der Waals surface area (Å²) in [5, 5.41) is 0. The predicted octanol–water partition coefficient (Wildman–Crippen LogP) is 4.57. The minimum atomic E-state index is -4.29. The number of rotatable bonds is 7. The third-order valence-electron chi connectivity index (χ3n) is 2.09. The normalized spacial score (nSPS) is 13.3. The molecule has 0 aliphatic rings. The molecule has 0 aliphatic heterocycles. The Hall–Kier alpha value is 0.154. The number of hydrogen-bond donors (Lipinski definition) is 0. The van der Waals surface area contributed by atoms with Crippen molar-refractivity contribution in [3.8, 4) is 0 Å². The first-order valence-corrected chi connectivity index (χ1v) is 9.42. The van der Waals surface area contributed by atoms with Gasteiger partial charge < -0.3 is 0 Å². The van der Waals surface area contributed by atoms with Crippen LogP contribution in [0.3, 0.4) is 0 Å². The van der Waals surface area contributed by atoms with Crippen LogP contribution in [-0.4, -0.2) is 17.5 Å². The maximum atomic E-state index is 13.0. The highest BCUT2D eigenvalue weighted by Crippen LogP contribution is 2.30. The molecule has 0 aromatic carbocycles. The summed E-state index contributed by atoms with van der Waals surface area (Å²) in [6.07, 6.45) is 0.806. The maximum absolute atomic E-state index is 13.0. The second kappa shape index (κ2) is 5.90. The molecule has 0 heterocycles. The van der Waals surface area contributed by atoms with E-state index in [0.717, 1.165) is 0 Å². The van der Waals surface area contributed by atoms with Gasteiger partial charge in [0.15, 0.2) is 0 Å². The molecule has 86 valence electrons. The second-order valence-corrected chi connectivity index (χ2v) is 9.14. The molecule has 0 rings (SSSR count). The summed E-state index contributed by atoms with van der Waals surface area (Å²) >= 11 is 0. The molecule has 0 radical (unpaired) electrons. The van der Waals surface area contributed by atoms with Gasteiger partial charge in [-0.25, -0.2) is 0 Å². The summed E-state index contributed by atoms with van der Waals surface area (Å²) in [5.41, 5.74) is 0. The van der Waals surface area contributed by atoms with Crippen molar-refractivity contribution in [1.82, 2.24) is 0 Å². The van der Waals surface area contributed by atoms with Crippen LogP contribution in [0.25, 0.3) is 0 Å². The second-order valence-electron chi connectivity index (χ2n) is 3.71. The molecule has 0 atom stereocenters. The van der Waals surface area contributed by atoms with Crippen molar-refractivity contribution in [3.05, 3.63) is 0 Å². The van der Waals surface area contributed by atoms with Gasteiger partial charge >= 0.3 is 17.5 Å². The van der Waals surface area contributed by atoms with E-state index in [0.29, 0.717) is 12.8 Å². The summed E-state index contributed by atoms with van der Waals surface area (Å²) in [5.74, 6) is 0. The average molecular weight is 246 g/mol. The molecule has 0 fully saturated rings. The van der Waals surface area contributed by atoms with E-state index < -0.39 is 29.6 Å². The quantitative estimate of drug-likeness (QED) is 0.351. The third kappa shape index (κ3) is 6.58. The van der Waals surface area contributed by atoms with Gasteiger partial charge in [-0.05, 0) is 12.1 Å². The average Bonchev–Trinajstić information content (AvgIpc) is 2.01. The Labute approximate surface area is 85.4 Å². The fourth-order valence-corrected chi connectivity index (χ4v) is 6.24. The SMILES string of the molecule is CCC[Si](F)(F)CC[Si](F)(F)CCC. The van der Waals surface area contributed by atoms with Crippen LogP contribution in [0.15, 0.2) is 0 Å². The van der Waals surface area contributed by atoms with E-state index in [1.165, 1.54) is 0 Å². The van der Waals surface area contributed by atoms with E-state index in [1.54, 1.807) is 13.8 Å². The zero-order valence-electron chi connectivity index (χ0n) is 8.75. The van der Waals surface area contributed by atoms with Gasteiger partial charge in [0, 0.05) is 12.1 Å². The molecule has 0 aliphatic carbocycles. The highest BCUT2D eigenvalue weighted by molar-refractivity contribution is 6.71. The highest BCUT2D eigenvalue weighted by Gasteiger charge is 2.41. The fraction of sp³-hybridized carbons (Fsp3) is 1.00. The molecule has 0 saturated heterocycles. The van der Waals surface area contributed by atoms with Crippen LogP contribution < -0.4 is 0 Å². The minimum absolute atomic E-state index is 0.135. The summed E-state index contributed by atoms with van der Waals surface area (Å²) < 4.78 is 52.1. The van der Waals surface area contributed by atoms with Gasteiger partial charge in [0.25, 0.3) is 0 Å². The van der Waals surface area contributed by atoms with E-state index in [1.807, 2.05) is 0 Å². The third-order valence-corrected chi connectivity index (χ3v) is 7.01. The van der Waals surface area contributed by atoms with Gasteiger partial charge in [0.05, 0.1) is 0 Å². The van der Waals surface area contributed by atoms with Crippen LogP contribution in [0.4, 0.5) is 16.4 Å². The maximum Gasteiger partial charge on any atom is 0.424 e. The van der Waals surface area contributed by atoms with Gasteiger partial charge in [-0.15, -0.1) is 0 Å². The van der Waals surface area contributed by atoms with Crippen molar-refractivity contribution in [2.75, 3.05) is 0 Å². The van der Waals surface area contributed by atoms with Crippen molar-refractivity contribution in [2.24, 2.45) is 0 Å². The predicted molar refractivity (Wildman–Crippen MR) is 55.8 cm³/mol. The topological polar surface area (TPSA) is 0 Å². The number of halogens is 4. The van der Waals surface area contributed by atoms with Gasteiger partial charge in [0.1, 0.15) is 0 Å². The van der Waals surface area contributed by atoms with Crippen molar-refractivity contribution >= 4 is 17.5 Å². The molecule has 0 aromatic rings. The zero-order chi connectivity index (χ0) is 11.2. The van der Waals surface area contributed by atoms with E-state index in [9.17, 15) is 16.4 Å². The minimum Gasteiger partial charge on any atom is -0.270 e. The van der Waals surface area contributed by atoms with Crippen LogP contribution in [0.5, 0.6) is 0 Å². The first kappa shape index (κ1) is 14.2. The molecule has 0 saturated carbocycles. The summed E-state index contributed by atoms with van der Waals surface area (Å²) in [7, 11) is -8.57. The molecular formula is C8H18F4Si2. The van der Waals surface area contributed by atoms with Crippen molar-refractivity contribution in [1.29, 1.82) is 0 Å². The van der Waals surface area contributed by atoms with Crippen LogP contribution >= 0.6 is 0 Å². The van der Waals surface area contributed by atoms with E-state index in [4.69, 9.17) is 0 Å². The van der Waals surface area contributed by atoms with Crippen LogP contribution in [-0.2, 0) is 0 Å². The molecule has 0 nitrogen and oxygen atoms in total. The number of hydrogen-bond acceptors (Lipinski definition) is 0. The van der Waals surface area contributed by atoms with Gasteiger partial charge in [-0.1, -0.05) is 26.7 Å². The van der Waals surface area contributed by atoms with Crippen LogP contribution in [0, 0.1) is 0 Å². The first-order valence-electron chi connectivity index (χ1n) is 5.08. The van der Waals surface area contributed by atoms with E-state index >= 15 is 0 Å². The summed E-state index contributed by atoms with van der Waals surface area (Å²) in [4.78, 5) is 0. The lowest BCUT2D eigenvalue weighted by Crippen LogP contribution is -2.28. The smallest absolute Gasteiger partial charge is 0.270 e. The lowest BCUT2D eigenvalue weighted by molar-refractivity contribution is 0.556. The van der Waals surface area contributed by atoms with Crippen LogP contribution in [0.2, 0.25) is 24.2 Å². The standard InChI is InChI=1S/C8H18F4Si2/c1-3-5-13(9,10)7-8-14(11,12)6-4-2/h3-8H2,1-2H3. The van der Waals surface area contributed by atoms with Gasteiger partial charge in [0.2, 0.25) is 0 Å². The summed E-state index contributed by atoms with van der Waals surface area (Å²) in [6.45, 7) is 3.34. The Morgan fingerprint density at radius 3 is 1.14 bits per heavy atom. The highest BCUT2D eigenvalue weighted by atomic mass is 28.4. The summed E-state index contributed by atoms with van der Waals surface area (Å²) in [6, 6.07) is -1.27.